The zero-order valence-electron chi connectivity index (χ0n) is 13.3. The normalized spacial score (nSPS) is 20.5. The fourth-order valence-corrected chi connectivity index (χ4v) is 2.99. The molecule has 0 bridgehead atoms. The van der Waals surface area contributed by atoms with Crippen LogP contribution in [-0.2, 0) is 0 Å². The van der Waals surface area contributed by atoms with Crippen molar-refractivity contribution >= 4 is 28.9 Å². The molecule has 0 saturated heterocycles. The third-order valence-corrected chi connectivity index (χ3v) is 4.03. The van der Waals surface area contributed by atoms with Gasteiger partial charge in [-0.05, 0) is 32.9 Å². The summed E-state index contributed by atoms with van der Waals surface area (Å²) in [5, 5.41) is 4.16. The molecule has 9 heteroatoms. The van der Waals surface area contributed by atoms with Crippen molar-refractivity contribution in [1.82, 2.24) is 10.0 Å². The van der Waals surface area contributed by atoms with Gasteiger partial charge in [0.1, 0.15) is 17.8 Å². The number of quaternary nitrogens is 1. The predicted octanol–water partition coefficient (Wildman–Crippen LogP) is 3.41. The van der Waals surface area contributed by atoms with Crippen LogP contribution in [-0.4, -0.2) is 23.8 Å². The molecule has 24 heavy (non-hydrogen) atoms. The van der Waals surface area contributed by atoms with E-state index in [2.05, 4.69) is 5.10 Å². The summed E-state index contributed by atoms with van der Waals surface area (Å²) in [6, 6.07) is 2.54. The number of hydrogen-bond donors (Lipinski definition) is 2. The number of nitrogens with zero attached hydrogens (tertiary/aromatic N) is 2. The summed E-state index contributed by atoms with van der Waals surface area (Å²) in [5.74, 6) is 4.55. The van der Waals surface area contributed by atoms with Gasteiger partial charge in [-0.2, -0.15) is 13.2 Å². The lowest BCUT2D eigenvalue weighted by Gasteiger charge is -2.32. The van der Waals surface area contributed by atoms with Crippen LogP contribution in [0, 0.1) is 6.92 Å². The van der Waals surface area contributed by atoms with Crippen molar-refractivity contribution < 1.29 is 18.0 Å². The van der Waals surface area contributed by atoms with Gasteiger partial charge in [0.15, 0.2) is 5.69 Å². The number of nitrogens with one attached hydrogen (secondary N) is 1. The minimum atomic E-state index is -4.58. The fraction of sp³-hybridized carbons (Fsp3) is 0.333. The van der Waals surface area contributed by atoms with Crippen molar-refractivity contribution in [1.29, 1.82) is 0 Å². The van der Waals surface area contributed by atoms with Crippen LogP contribution in [0.4, 0.5) is 18.9 Å². The number of nitrogen functional groups attached to an aromatic ring is 1. The number of halogens is 4. The lowest BCUT2D eigenvalue weighted by molar-refractivity contribution is -0.0582. The number of hydrogen-bond acceptors (Lipinski definition) is 3. The van der Waals surface area contributed by atoms with Gasteiger partial charge in [-0.3, -0.25) is 10.2 Å². The molecule has 0 aliphatic carbocycles. The van der Waals surface area contributed by atoms with Gasteiger partial charge in [-0.25, -0.2) is 5.84 Å². The van der Waals surface area contributed by atoms with E-state index in [0.717, 1.165) is 6.08 Å². The van der Waals surface area contributed by atoms with E-state index in [1.807, 2.05) is 5.43 Å². The number of rotatable bonds is 3. The molecule has 0 fully saturated rings. The molecule has 0 spiro atoms. The summed E-state index contributed by atoms with van der Waals surface area (Å²) in [7, 11) is 0. The minimum Gasteiger partial charge on any atom is -0.290 e. The molecule has 1 aliphatic heterocycles. The van der Waals surface area contributed by atoms with Crippen molar-refractivity contribution in [3.8, 4) is 0 Å². The van der Waals surface area contributed by atoms with E-state index in [4.69, 9.17) is 17.4 Å². The number of amides is 1. The molecule has 1 heterocycles. The second-order valence-electron chi connectivity index (χ2n) is 5.72. The Morgan fingerprint density at radius 1 is 1.38 bits per heavy atom. The SMILES string of the molecule is Cc1cc(Cl)cc(C(=O)NN)c1[N+]1(C(C)C)C=CC(C(F)(F)F)=N1. The molecule has 1 aromatic rings. The highest BCUT2D eigenvalue weighted by Gasteiger charge is 2.47. The monoisotopic (exact) mass is 361 g/mol. The number of allylic oxidation sites excluding steroid dienone is 1. The molecule has 5 nitrogen and oxygen atoms in total. The number of aryl methyl sites for hydroxylation is 1. The molecule has 0 saturated carbocycles. The molecular formula is C15H17ClF3N4O+. The summed E-state index contributed by atoms with van der Waals surface area (Å²) in [6.45, 7) is 5.09. The average molecular weight is 362 g/mol. The van der Waals surface area contributed by atoms with Crippen molar-refractivity contribution in [2.45, 2.75) is 33.0 Å². The standard InChI is InChI=1S/C15H16ClF3N4O/c1-8(2)23(5-4-12(22-23)15(17,18)19)13-9(3)6-10(16)7-11(13)14(24)21-20/h4-8H,20H2,1-3H3/p+1. The van der Waals surface area contributed by atoms with Crippen molar-refractivity contribution in [2.75, 3.05) is 0 Å². The summed E-state index contributed by atoms with van der Waals surface area (Å²) in [4.78, 5) is 12.1. The number of hydrazine groups is 1. The Bertz CT molecular complexity index is 743. The largest absolute Gasteiger partial charge is 0.438 e. The van der Waals surface area contributed by atoms with Crippen LogP contribution in [0.1, 0.15) is 29.8 Å². The van der Waals surface area contributed by atoms with Crippen molar-refractivity contribution in [3.05, 3.63) is 40.6 Å². The first-order valence-electron chi connectivity index (χ1n) is 7.09. The number of alkyl halides is 3. The lowest BCUT2D eigenvalue weighted by Crippen LogP contribution is -2.46. The second-order valence-corrected chi connectivity index (χ2v) is 6.16. The van der Waals surface area contributed by atoms with Gasteiger partial charge in [0, 0.05) is 16.7 Å². The molecule has 1 atom stereocenters. The summed E-state index contributed by atoms with van der Waals surface area (Å²) < 4.78 is 38.7. The first-order valence-corrected chi connectivity index (χ1v) is 7.47. The topological polar surface area (TPSA) is 67.5 Å². The Kier molecular flexibility index (Phi) is 4.76. The first kappa shape index (κ1) is 18.4. The van der Waals surface area contributed by atoms with Gasteiger partial charge >= 0.3 is 6.18 Å². The van der Waals surface area contributed by atoms with Gasteiger partial charge in [0.25, 0.3) is 5.91 Å². The molecule has 3 N–H and O–H groups in total. The van der Waals surface area contributed by atoms with Crippen LogP contribution in [0.5, 0.6) is 0 Å². The highest BCUT2D eigenvalue weighted by Crippen LogP contribution is 2.40. The number of nitrogens with two attached hydrogens (primary N) is 1. The second kappa shape index (κ2) is 6.19. The summed E-state index contributed by atoms with van der Waals surface area (Å²) in [5.41, 5.74) is 1.89. The predicted molar refractivity (Wildman–Crippen MR) is 87.4 cm³/mol. The van der Waals surface area contributed by atoms with E-state index in [1.165, 1.54) is 12.3 Å². The molecule has 1 aromatic carbocycles. The Morgan fingerprint density at radius 3 is 2.46 bits per heavy atom. The molecule has 2 rings (SSSR count). The van der Waals surface area contributed by atoms with E-state index in [-0.39, 0.29) is 10.6 Å². The van der Waals surface area contributed by atoms with Gasteiger partial charge in [-0.15, -0.1) is 4.59 Å². The maximum atomic E-state index is 13.1. The number of carbonyl (C=O) groups is 1. The van der Waals surface area contributed by atoms with Crippen molar-refractivity contribution in [2.24, 2.45) is 10.9 Å². The zero-order chi connectivity index (χ0) is 18.3. The van der Waals surface area contributed by atoms with E-state index >= 15 is 0 Å². The maximum absolute atomic E-state index is 13.1. The van der Waals surface area contributed by atoms with Crippen LogP contribution in [0.25, 0.3) is 0 Å². The molecular weight excluding hydrogens is 345 g/mol. The molecule has 1 unspecified atom stereocenters. The smallest absolute Gasteiger partial charge is 0.290 e. The van der Waals surface area contributed by atoms with E-state index in [9.17, 15) is 18.0 Å². The fourth-order valence-electron chi connectivity index (χ4n) is 2.71. The number of benzene rings is 1. The van der Waals surface area contributed by atoms with Crippen LogP contribution in [0.3, 0.4) is 0 Å². The lowest BCUT2D eigenvalue weighted by atomic mass is 10.0. The average Bonchev–Trinajstić information content (AvgIpc) is 2.91. The van der Waals surface area contributed by atoms with Gasteiger partial charge in [0.2, 0.25) is 5.71 Å². The molecule has 130 valence electrons. The summed E-state index contributed by atoms with van der Waals surface area (Å²) >= 11 is 5.99. The zero-order valence-corrected chi connectivity index (χ0v) is 14.0. The van der Waals surface area contributed by atoms with Crippen LogP contribution in [0.2, 0.25) is 5.02 Å². The van der Waals surface area contributed by atoms with Crippen LogP contribution < -0.4 is 15.9 Å². The van der Waals surface area contributed by atoms with Gasteiger partial charge in [0.05, 0.1) is 0 Å². The third-order valence-electron chi connectivity index (χ3n) is 3.81. The molecule has 0 aromatic heterocycles. The van der Waals surface area contributed by atoms with E-state index in [0.29, 0.717) is 11.3 Å². The van der Waals surface area contributed by atoms with E-state index < -0.39 is 28.4 Å². The van der Waals surface area contributed by atoms with Crippen LogP contribution >= 0.6 is 11.6 Å². The number of carbonyl (C=O) groups excluding carboxylic acids is 1. The van der Waals surface area contributed by atoms with Gasteiger partial charge < -0.3 is 0 Å². The summed E-state index contributed by atoms with van der Waals surface area (Å²) in [6.07, 6.45) is -2.35. The molecule has 1 amide bonds. The Labute approximate surface area is 142 Å². The third kappa shape index (κ3) is 3.04. The Morgan fingerprint density at radius 2 is 2.00 bits per heavy atom. The Hall–Kier alpha value is -1.90. The van der Waals surface area contributed by atoms with Crippen molar-refractivity contribution in [3.63, 3.8) is 0 Å². The molecule has 1 aliphatic rings. The highest BCUT2D eigenvalue weighted by atomic mass is 35.5. The first-order chi connectivity index (χ1) is 11.0. The van der Waals surface area contributed by atoms with Gasteiger partial charge in [-0.1, -0.05) is 16.7 Å². The minimum absolute atomic E-state index is 0.0769. The molecule has 0 radical (unpaired) electrons. The van der Waals surface area contributed by atoms with E-state index in [1.54, 1.807) is 26.8 Å². The Balaban J connectivity index is 2.79. The van der Waals surface area contributed by atoms with Crippen LogP contribution in [0.15, 0.2) is 29.5 Å². The maximum Gasteiger partial charge on any atom is 0.438 e. The highest BCUT2D eigenvalue weighted by molar-refractivity contribution is 6.31. The quantitative estimate of drug-likeness (QED) is 0.375.